The maximum Gasteiger partial charge on any atom is 0.242 e. The molecule has 4 aromatic rings. The first-order chi connectivity index (χ1) is 12.0. The van der Waals surface area contributed by atoms with Crippen LogP contribution in [0, 0.1) is 18.0 Å². The first kappa shape index (κ1) is 14.7. The molecule has 126 valence electrons. The summed E-state index contributed by atoms with van der Waals surface area (Å²) >= 11 is 6.04. The summed E-state index contributed by atoms with van der Waals surface area (Å²) in [7, 11) is 0. The molecule has 0 amide bonds. The van der Waals surface area contributed by atoms with E-state index in [1.165, 1.54) is 0 Å². The van der Waals surface area contributed by atoms with E-state index in [4.69, 9.17) is 16.1 Å². The topological polar surface area (TPSA) is 83.2 Å². The van der Waals surface area contributed by atoms with E-state index in [9.17, 15) is 5.21 Å². The van der Waals surface area contributed by atoms with Crippen LogP contribution < -0.4 is 4.73 Å². The van der Waals surface area contributed by atoms with Crippen LogP contribution in [0.25, 0.3) is 28.1 Å². The summed E-state index contributed by atoms with van der Waals surface area (Å²) in [6, 6.07) is 5.20. The van der Waals surface area contributed by atoms with Gasteiger partial charge in [-0.3, -0.25) is 4.40 Å². The Hall–Kier alpha value is -2.67. The fraction of sp³-hybridized carbons (Fsp3) is 0.294. The van der Waals surface area contributed by atoms with Crippen LogP contribution in [0.15, 0.2) is 29.0 Å². The number of nitrogens with zero attached hydrogens (tertiary/aromatic N) is 5. The van der Waals surface area contributed by atoms with E-state index in [1.54, 1.807) is 31.5 Å². The van der Waals surface area contributed by atoms with E-state index in [1.807, 2.05) is 4.40 Å². The Kier molecular flexibility index (Phi) is 2.88. The van der Waals surface area contributed by atoms with E-state index in [0.717, 1.165) is 16.7 Å². The van der Waals surface area contributed by atoms with Gasteiger partial charge in [-0.25, -0.2) is 4.98 Å². The van der Waals surface area contributed by atoms with Crippen molar-refractivity contribution in [3.63, 3.8) is 0 Å². The van der Waals surface area contributed by atoms with Crippen LogP contribution in [0.1, 0.15) is 30.8 Å². The zero-order valence-electron chi connectivity index (χ0n) is 13.6. The first-order valence-electron chi connectivity index (χ1n) is 8.07. The zero-order chi connectivity index (χ0) is 17.3. The van der Waals surface area contributed by atoms with Crippen molar-refractivity contribution in [3.05, 3.63) is 46.3 Å². The minimum absolute atomic E-state index is 0.337. The lowest BCUT2D eigenvalue weighted by molar-refractivity contribution is -0.583. The van der Waals surface area contributed by atoms with Crippen molar-refractivity contribution >= 4 is 28.2 Å². The van der Waals surface area contributed by atoms with Gasteiger partial charge < -0.3 is 9.73 Å². The predicted molar refractivity (Wildman–Crippen MR) is 91.2 cm³/mol. The zero-order valence-corrected chi connectivity index (χ0v) is 14.4. The van der Waals surface area contributed by atoms with Crippen LogP contribution in [0.3, 0.4) is 0 Å². The number of halogens is 1. The number of benzene rings is 1. The van der Waals surface area contributed by atoms with Crippen LogP contribution in [0.4, 0.5) is 0 Å². The fourth-order valence-electron chi connectivity index (χ4n) is 3.33. The molecule has 8 heteroatoms. The third-order valence-corrected chi connectivity index (χ3v) is 5.15. The third-order valence-electron chi connectivity index (χ3n) is 4.91. The Morgan fingerprint density at radius 1 is 1.40 bits per heavy atom. The lowest BCUT2D eigenvalue weighted by atomic mass is 10.2. The first-order valence-corrected chi connectivity index (χ1v) is 8.45. The lowest BCUT2D eigenvalue weighted by Gasteiger charge is -2.08. The standard InChI is InChI=1S/C17H14ClN5O2/c1-8-5-11(8)17-20-16(21-25-17)14-15-9(2)23(24)13-6-10(18)3-4-12(13)22(15)7-19-14/h3-4,6-8,11H,5H2,1-2H3. The Morgan fingerprint density at radius 3 is 2.96 bits per heavy atom. The van der Waals surface area contributed by atoms with Crippen LogP contribution in [-0.2, 0) is 0 Å². The number of hydrogen-bond acceptors (Lipinski definition) is 5. The van der Waals surface area contributed by atoms with Crippen molar-refractivity contribution in [1.82, 2.24) is 19.5 Å². The molecule has 0 radical (unpaired) electrons. The van der Waals surface area contributed by atoms with Gasteiger partial charge in [0.25, 0.3) is 0 Å². The smallest absolute Gasteiger partial charge is 0.242 e. The van der Waals surface area contributed by atoms with Gasteiger partial charge in [0.15, 0.2) is 0 Å². The molecule has 1 aliphatic rings. The molecule has 5 rings (SSSR count). The molecule has 25 heavy (non-hydrogen) atoms. The van der Waals surface area contributed by atoms with Gasteiger partial charge in [0, 0.05) is 23.9 Å². The SMILES string of the molecule is Cc1c2c(-c3noc(C4CC4C)n3)ncn2c2ccc(Cl)cc2[n+]1[O-]. The molecule has 1 saturated carbocycles. The summed E-state index contributed by atoms with van der Waals surface area (Å²) in [6.07, 6.45) is 2.74. The predicted octanol–water partition coefficient (Wildman–Crippen LogP) is 3.26. The summed E-state index contributed by atoms with van der Waals surface area (Å²) in [4.78, 5) is 8.94. The van der Waals surface area contributed by atoms with Gasteiger partial charge >= 0.3 is 0 Å². The minimum atomic E-state index is 0.337. The van der Waals surface area contributed by atoms with Gasteiger partial charge in [0.2, 0.25) is 22.9 Å². The molecule has 7 nitrogen and oxygen atoms in total. The Bertz CT molecular complexity index is 1150. The van der Waals surface area contributed by atoms with E-state index >= 15 is 0 Å². The molecule has 1 aliphatic carbocycles. The minimum Gasteiger partial charge on any atom is -0.618 e. The molecule has 0 spiro atoms. The third kappa shape index (κ3) is 2.05. The van der Waals surface area contributed by atoms with Crippen molar-refractivity contribution in [2.45, 2.75) is 26.2 Å². The van der Waals surface area contributed by atoms with Crippen molar-refractivity contribution < 1.29 is 9.25 Å². The molecule has 0 N–H and O–H groups in total. The van der Waals surface area contributed by atoms with Gasteiger partial charge in [-0.2, -0.15) is 9.71 Å². The van der Waals surface area contributed by atoms with E-state index in [2.05, 4.69) is 22.0 Å². The molecule has 2 unspecified atom stereocenters. The molecular formula is C17H14ClN5O2. The number of fused-ring (bicyclic) bond motifs is 3. The number of hydrogen-bond donors (Lipinski definition) is 0. The highest BCUT2D eigenvalue weighted by Crippen LogP contribution is 2.46. The molecular weight excluding hydrogens is 342 g/mol. The summed E-state index contributed by atoms with van der Waals surface area (Å²) in [6.45, 7) is 3.90. The second-order valence-corrected chi connectivity index (χ2v) is 7.04. The molecule has 1 fully saturated rings. The van der Waals surface area contributed by atoms with Crippen molar-refractivity contribution in [1.29, 1.82) is 0 Å². The number of imidazole rings is 1. The molecule has 3 heterocycles. The highest BCUT2D eigenvalue weighted by Gasteiger charge is 2.39. The van der Waals surface area contributed by atoms with Crippen LogP contribution in [-0.4, -0.2) is 19.5 Å². The largest absolute Gasteiger partial charge is 0.618 e. The number of aromatic nitrogens is 5. The van der Waals surface area contributed by atoms with Crippen molar-refractivity contribution in [2.24, 2.45) is 5.92 Å². The molecule has 0 saturated heterocycles. The van der Waals surface area contributed by atoms with Crippen molar-refractivity contribution in [2.75, 3.05) is 0 Å². The Balaban J connectivity index is 1.76. The van der Waals surface area contributed by atoms with Gasteiger partial charge in [0.05, 0.1) is 0 Å². The average molecular weight is 356 g/mol. The maximum atomic E-state index is 12.7. The summed E-state index contributed by atoms with van der Waals surface area (Å²) in [5.74, 6) is 1.96. The van der Waals surface area contributed by atoms with Crippen LogP contribution in [0.5, 0.6) is 0 Å². The van der Waals surface area contributed by atoms with E-state index in [0.29, 0.717) is 51.0 Å². The van der Waals surface area contributed by atoms with Crippen LogP contribution >= 0.6 is 11.6 Å². The lowest BCUT2D eigenvalue weighted by Crippen LogP contribution is -2.32. The summed E-state index contributed by atoms with van der Waals surface area (Å²) in [5.41, 5.74) is 2.93. The molecule has 2 atom stereocenters. The van der Waals surface area contributed by atoms with E-state index < -0.39 is 0 Å². The summed E-state index contributed by atoms with van der Waals surface area (Å²) < 4.78 is 8.12. The van der Waals surface area contributed by atoms with E-state index in [-0.39, 0.29) is 0 Å². The second-order valence-electron chi connectivity index (χ2n) is 6.60. The van der Waals surface area contributed by atoms with Crippen LogP contribution in [0.2, 0.25) is 5.02 Å². The molecule has 0 bridgehead atoms. The van der Waals surface area contributed by atoms with Crippen molar-refractivity contribution in [3.8, 4) is 11.5 Å². The second kappa shape index (κ2) is 4.92. The summed E-state index contributed by atoms with van der Waals surface area (Å²) in [5, 5.41) is 17.3. The Morgan fingerprint density at radius 2 is 2.20 bits per heavy atom. The average Bonchev–Trinajstić information content (AvgIpc) is 3.03. The Labute approximate surface area is 147 Å². The maximum absolute atomic E-state index is 12.7. The highest BCUT2D eigenvalue weighted by molar-refractivity contribution is 6.31. The van der Waals surface area contributed by atoms with Gasteiger partial charge in [-0.15, -0.1) is 0 Å². The molecule has 1 aromatic carbocycles. The monoisotopic (exact) mass is 355 g/mol. The molecule has 0 aliphatic heterocycles. The number of rotatable bonds is 2. The van der Waals surface area contributed by atoms with Gasteiger partial charge in [-0.05, 0) is 24.5 Å². The fourth-order valence-corrected chi connectivity index (χ4v) is 3.49. The quantitative estimate of drug-likeness (QED) is 0.407. The number of aryl methyl sites for hydroxylation is 1. The molecule has 3 aromatic heterocycles. The highest BCUT2D eigenvalue weighted by atomic mass is 35.5. The van der Waals surface area contributed by atoms with Gasteiger partial charge in [-0.1, -0.05) is 23.7 Å². The normalized spacial score (nSPS) is 19.8. The van der Waals surface area contributed by atoms with Gasteiger partial charge in [0.1, 0.15) is 23.1 Å².